The van der Waals surface area contributed by atoms with Gasteiger partial charge in [-0.25, -0.2) is 0 Å². The van der Waals surface area contributed by atoms with Crippen molar-refractivity contribution < 1.29 is 9.84 Å². The molecule has 56 valence electrons. The standard InChI is InChI=1S/C9H8O2/c10-8-4-3-7-2-1-5-11-9(7)6-8/h1-4,6,10H,5H2. The molecule has 1 aromatic carbocycles. The zero-order valence-corrected chi connectivity index (χ0v) is 5.95. The van der Waals surface area contributed by atoms with E-state index < -0.39 is 0 Å². The quantitative estimate of drug-likeness (QED) is 0.607. The normalized spacial score (nSPS) is 13.8. The van der Waals surface area contributed by atoms with Crippen LogP contribution in [0.5, 0.6) is 11.5 Å². The maximum absolute atomic E-state index is 9.08. The number of phenols is 1. The first-order valence-corrected chi connectivity index (χ1v) is 3.48. The molecule has 1 aliphatic rings. The van der Waals surface area contributed by atoms with Crippen molar-refractivity contribution in [3.63, 3.8) is 0 Å². The number of phenolic OH excluding ortho intramolecular Hbond substituents is 1. The zero-order chi connectivity index (χ0) is 7.68. The lowest BCUT2D eigenvalue weighted by Gasteiger charge is -2.11. The molecule has 11 heavy (non-hydrogen) atoms. The van der Waals surface area contributed by atoms with Crippen LogP contribution in [0.25, 0.3) is 6.08 Å². The fraction of sp³-hybridized carbons (Fsp3) is 0.111. The molecular weight excluding hydrogens is 140 g/mol. The molecule has 2 heteroatoms. The maximum atomic E-state index is 9.08. The van der Waals surface area contributed by atoms with Crippen molar-refractivity contribution in [3.05, 3.63) is 29.8 Å². The SMILES string of the molecule is Oc1ccc2c(c1)OCC=C2. The molecule has 0 unspecified atom stereocenters. The van der Waals surface area contributed by atoms with E-state index in [1.165, 1.54) is 0 Å². The minimum atomic E-state index is 0.249. The summed E-state index contributed by atoms with van der Waals surface area (Å²) in [5, 5.41) is 9.08. The molecule has 1 heterocycles. The molecule has 1 N–H and O–H groups in total. The molecular formula is C9H8O2. The van der Waals surface area contributed by atoms with E-state index in [-0.39, 0.29) is 5.75 Å². The molecule has 0 radical (unpaired) electrons. The first kappa shape index (κ1) is 6.28. The summed E-state index contributed by atoms with van der Waals surface area (Å²) >= 11 is 0. The lowest BCUT2D eigenvalue weighted by Crippen LogP contribution is -1.99. The average Bonchev–Trinajstić information content (AvgIpc) is 2.04. The summed E-state index contributed by atoms with van der Waals surface area (Å²) in [5.74, 6) is 1.01. The predicted octanol–water partition coefficient (Wildman–Crippen LogP) is 1.80. The lowest BCUT2D eigenvalue weighted by molar-refractivity contribution is 0.355. The van der Waals surface area contributed by atoms with Crippen LogP contribution in [0.2, 0.25) is 0 Å². The van der Waals surface area contributed by atoms with Crippen LogP contribution in [0.3, 0.4) is 0 Å². The third kappa shape index (κ3) is 1.07. The van der Waals surface area contributed by atoms with E-state index in [9.17, 15) is 0 Å². The Bertz CT molecular complexity index is 302. The number of fused-ring (bicyclic) bond motifs is 1. The smallest absolute Gasteiger partial charge is 0.130 e. The molecule has 0 aromatic heterocycles. The Hall–Kier alpha value is -1.44. The molecule has 1 aliphatic heterocycles. The molecule has 2 nitrogen and oxygen atoms in total. The Balaban J connectivity index is 2.53. The molecule has 1 aromatic rings. The van der Waals surface area contributed by atoms with E-state index in [2.05, 4.69) is 0 Å². The van der Waals surface area contributed by atoms with Gasteiger partial charge in [-0.05, 0) is 18.2 Å². The first-order valence-electron chi connectivity index (χ1n) is 3.48. The van der Waals surface area contributed by atoms with Crippen molar-refractivity contribution >= 4 is 6.08 Å². The molecule has 0 bridgehead atoms. The van der Waals surface area contributed by atoms with Gasteiger partial charge in [0.1, 0.15) is 18.1 Å². The van der Waals surface area contributed by atoms with Gasteiger partial charge in [-0.2, -0.15) is 0 Å². The van der Waals surface area contributed by atoms with Crippen LogP contribution >= 0.6 is 0 Å². The molecule has 0 saturated heterocycles. The van der Waals surface area contributed by atoms with Crippen LogP contribution in [0.1, 0.15) is 5.56 Å². The predicted molar refractivity (Wildman–Crippen MR) is 42.6 cm³/mol. The molecule has 2 rings (SSSR count). The Kier molecular flexibility index (Phi) is 1.32. The van der Waals surface area contributed by atoms with Crippen LogP contribution in [0.15, 0.2) is 24.3 Å². The van der Waals surface area contributed by atoms with Crippen molar-refractivity contribution in [3.8, 4) is 11.5 Å². The molecule has 0 saturated carbocycles. The van der Waals surface area contributed by atoms with Gasteiger partial charge in [0.2, 0.25) is 0 Å². The summed E-state index contributed by atoms with van der Waals surface area (Å²) in [4.78, 5) is 0. The van der Waals surface area contributed by atoms with Crippen LogP contribution < -0.4 is 4.74 Å². The van der Waals surface area contributed by atoms with Gasteiger partial charge in [-0.1, -0.05) is 6.08 Å². The third-order valence-corrected chi connectivity index (χ3v) is 1.63. The molecule has 0 aliphatic carbocycles. The van der Waals surface area contributed by atoms with Gasteiger partial charge >= 0.3 is 0 Å². The maximum Gasteiger partial charge on any atom is 0.130 e. The highest BCUT2D eigenvalue weighted by atomic mass is 16.5. The average molecular weight is 148 g/mol. The largest absolute Gasteiger partial charge is 0.508 e. The van der Waals surface area contributed by atoms with Crippen LogP contribution in [0, 0.1) is 0 Å². The van der Waals surface area contributed by atoms with Crippen LogP contribution in [-0.4, -0.2) is 11.7 Å². The second-order valence-corrected chi connectivity index (χ2v) is 2.44. The fourth-order valence-electron chi connectivity index (χ4n) is 1.10. The number of rotatable bonds is 0. The second kappa shape index (κ2) is 2.31. The highest BCUT2D eigenvalue weighted by Crippen LogP contribution is 2.27. The number of hydrogen-bond donors (Lipinski definition) is 1. The van der Waals surface area contributed by atoms with Crippen molar-refractivity contribution in [2.45, 2.75) is 0 Å². The lowest BCUT2D eigenvalue weighted by atomic mass is 10.1. The Labute approximate surface area is 64.7 Å². The van der Waals surface area contributed by atoms with Gasteiger partial charge < -0.3 is 9.84 Å². The fourth-order valence-corrected chi connectivity index (χ4v) is 1.10. The van der Waals surface area contributed by atoms with Crippen molar-refractivity contribution in [1.82, 2.24) is 0 Å². The second-order valence-electron chi connectivity index (χ2n) is 2.44. The summed E-state index contributed by atoms with van der Waals surface area (Å²) in [6.07, 6.45) is 3.93. The van der Waals surface area contributed by atoms with Gasteiger partial charge in [0.25, 0.3) is 0 Å². The van der Waals surface area contributed by atoms with E-state index in [4.69, 9.17) is 9.84 Å². The third-order valence-electron chi connectivity index (χ3n) is 1.63. The molecule has 0 amide bonds. The van der Waals surface area contributed by atoms with Gasteiger partial charge in [-0.3, -0.25) is 0 Å². The van der Waals surface area contributed by atoms with Crippen LogP contribution in [0.4, 0.5) is 0 Å². The Morgan fingerprint density at radius 1 is 1.36 bits per heavy atom. The van der Waals surface area contributed by atoms with Gasteiger partial charge in [0, 0.05) is 11.6 Å². The van der Waals surface area contributed by atoms with Gasteiger partial charge in [0.05, 0.1) is 0 Å². The zero-order valence-electron chi connectivity index (χ0n) is 5.95. The molecule has 0 fully saturated rings. The summed E-state index contributed by atoms with van der Waals surface area (Å²) in [6, 6.07) is 5.11. The Morgan fingerprint density at radius 3 is 3.18 bits per heavy atom. The van der Waals surface area contributed by atoms with E-state index in [1.807, 2.05) is 18.2 Å². The van der Waals surface area contributed by atoms with Crippen molar-refractivity contribution in [1.29, 1.82) is 0 Å². The van der Waals surface area contributed by atoms with Crippen molar-refractivity contribution in [2.75, 3.05) is 6.61 Å². The van der Waals surface area contributed by atoms with E-state index in [1.54, 1.807) is 12.1 Å². The molecule has 0 atom stereocenters. The minimum absolute atomic E-state index is 0.249. The summed E-state index contributed by atoms with van der Waals surface area (Å²) in [5.41, 5.74) is 1.02. The van der Waals surface area contributed by atoms with E-state index in [0.717, 1.165) is 11.3 Å². The molecule has 0 spiro atoms. The monoisotopic (exact) mass is 148 g/mol. The van der Waals surface area contributed by atoms with Gasteiger partial charge in [0.15, 0.2) is 0 Å². The highest BCUT2D eigenvalue weighted by molar-refractivity contribution is 5.60. The van der Waals surface area contributed by atoms with Crippen molar-refractivity contribution in [2.24, 2.45) is 0 Å². The number of ether oxygens (including phenoxy) is 1. The first-order chi connectivity index (χ1) is 5.36. The van der Waals surface area contributed by atoms with Crippen LogP contribution in [-0.2, 0) is 0 Å². The summed E-state index contributed by atoms with van der Waals surface area (Å²) in [6.45, 7) is 0.594. The minimum Gasteiger partial charge on any atom is -0.508 e. The number of aromatic hydroxyl groups is 1. The number of benzene rings is 1. The van der Waals surface area contributed by atoms with E-state index in [0.29, 0.717) is 6.61 Å². The van der Waals surface area contributed by atoms with Gasteiger partial charge in [-0.15, -0.1) is 0 Å². The van der Waals surface area contributed by atoms with E-state index >= 15 is 0 Å². The Morgan fingerprint density at radius 2 is 2.27 bits per heavy atom. The summed E-state index contributed by atoms with van der Waals surface area (Å²) in [7, 11) is 0. The highest BCUT2D eigenvalue weighted by Gasteiger charge is 2.04. The summed E-state index contributed by atoms with van der Waals surface area (Å²) < 4.78 is 5.26. The topological polar surface area (TPSA) is 29.5 Å². The number of hydrogen-bond acceptors (Lipinski definition) is 2.